The van der Waals surface area contributed by atoms with E-state index in [1.54, 1.807) is 0 Å². The quantitative estimate of drug-likeness (QED) is 0.854. The Balaban J connectivity index is 2.38. The number of hydrogen-bond acceptors (Lipinski definition) is 4. The summed E-state index contributed by atoms with van der Waals surface area (Å²) >= 11 is 6.74. The van der Waals surface area contributed by atoms with E-state index < -0.39 is 11.6 Å². The molecule has 0 amide bonds. The molecule has 0 saturated heterocycles. The van der Waals surface area contributed by atoms with Gasteiger partial charge in [-0.1, -0.05) is 23.4 Å². The molecule has 0 aliphatic rings. The Morgan fingerprint density at radius 3 is 2.76 bits per heavy atom. The first kappa shape index (κ1) is 12.1. The van der Waals surface area contributed by atoms with Gasteiger partial charge in [0.25, 0.3) is 0 Å². The van der Waals surface area contributed by atoms with E-state index in [-0.39, 0.29) is 20.8 Å². The Morgan fingerprint density at radius 1 is 1.24 bits per heavy atom. The first-order valence-electron chi connectivity index (χ1n) is 4.47. The van der Waals surface area contributed by atoms with Gasteiger partial charge in [0.2, 0.25) is 0 Å². The molecule has 1 heterocycles. The fourth-order valence-corrected chi connectivity index (χ4v) is 2.15. The number of anilines is 1. The second kappa shape index (κ2) is 4.85. The highest BCUT2D eigenvalue weighted by Gasteiger charge is 2.11. The van der Waals surface area contributed by atoms with Crippen LogP contribution in [0.1, 0.15) is 0 Å². The van der Waals surface area contributed by atoms with Crippen LogP contribution < -0.4 is 5.73 Å². The Bertz CT molecular complexity index is 565. The van der Waals surface area contributed by atoms with E-state index in [9.17, 15) is 8.78 Å². The van der Waals surface area contributed by atoms with E-state index in [1.807, 2.05) is 0 Å². The zero-order valence-corrected chi connectivity index (χ0v) is 9.90. The van der Waals surface area contributed by atoms with Crippen LogP contribution in [0.4, 0.5) is 14.6 Å². The van der Waals surface area contributed by atoms with Crippen molar-refractivity contribution in [1.29, 1.82) is 0 Å². The number of halogens is 3. The molecule has 1 aromatic carbocycles. The molecular weight excluding hydrogens is 268 g/mol. The first-order valence-corrected chi connectivity index (χ1v) is 5.66. The zero-order valence-electron chi connectivity index (χ0n) is 8.32. The van der Waals surface area contributed by atoms with Crippen LogP contribution in [0.3, 0.4) is 0 Å². The molecule has 0 aliphatic heterocycles. The van der Waals surface area contributed by atoms with Gasteiger partial charge in [0.1, 0.15) is 33.8 Å². The fraction of sp³-hybridized carbons (Fsp3) is 0. The summed E-state index contributed by atoms with van der Waals surface area (Å²) in [5, 5.41) is 0.407. The molecule has 7 heteroatoms. The molecule has 3 nitrogen and oxygen atoms in total. The maximum atomic E-state index is 13.4. The molecule has 0 unspecified atom stereocenters. The Labute approximate surface area is 105 Å². The van der Waals surface area contributed by atoms with Gasteiger partial charge >= 0.3 is 0 Å². The van der Waals surface area contributed by atoms with Crippen LogP contribution in [-0.2, 0) is 0 Å². The highest BCUT2D eigenvalue weighted by molar-refractivity contribution is 7.99. The molecule has 0 aliphatic carbocycles. The van der Waals surface area contributed by atoms with Crippen molar-refractivity contribution in [2.24, 2.45) is 0 Å². The van der Waals surface area contributed by atoms with Crippen LogP contribution in [0.2, 0.25) is 5.02 Å². The lowest BCUT2D eigenvalue weighted by Crippen LogP contribution is -1.95. The monoisotopic (exact) mass is 273 g/mol. The Morgan fingerprint density at radius 2 is 2.00 bits per heavy atom. The van der Waals surface area contributed by atoms with E-state index in [4.69, 9.17) is 17.3 Å². The van der Waals surface area contributed by atoms with E-state index in [1.165, 1.54) is 6.33 Å². The second-order valence-corrected chi connectivity index (χ2v) is 4.46. The van der Waals surface area contributed by atoms with E-state index in [2.05, 4.69) is 9.97 Å². The van der Waals surface area contributed by atoms with Gasteiger partial charge in [-0.15, -0.1) is 0 Å². The summed E-state index contributed by atoms with van der Waals surface area (Å²) in [7, 11) is 0. The molecular formula is C10H6ClF2N3S. The smallest absolute Gasteiger partial charge is 0.146 e. The molecule has 2 rings (SSSR count). The van der Waals surface area contributed by atoms with E-state index in [0.717, 1.165) is 30.0 Å². The number of nitrogens with zero attached hydrogens (tertiary/aromatic N) is 2. The summed E-state index contributed by atoms with van der Waals surface area (Å²) in [4.78, 5) is 7.62. The van der Waals surface area contributed by atoms with Crippen molar-refractivity contribution < 1.29 is 8.78 Å². The van der Waals surface area contributed by atoms with Crippen molar-refractivity contribution >= 4 is 29.2 Å². The average Bonchev–Trinajstić information content (AvgIpc) is 2.30. The maximum absolute atomic E-state index is 13.4. The van der Waals surface area contributed by atoms with Gasteiger partial charge < -0.3 is 5.73 Å². The predicted octanol–water partition coefficient (Wildman–Crippen LogP) is 3.14. The fourth-order valence-electron chi connectivity index (χ4n) is 1.10. The SMILES string of the molecule is Nc1ncnc(Sc2cc(F)ccc2F)c1Cl. The molecule has 0 atom stereocenters. The molecule has 0 fully saturated rings. The topological polar surface area (TPSA) is 51.8 Å². The van der Waals surface area contributed by atoms with Crippen molar-refractivity contribution in [1.82, 2.24) is 9.97 Å². The van der Waals surface area contributed by atoms with Crippen molar-refractivity contribution in [2.45, 2.75) is 9.92 Å². The summed E-state index contributed by atoms with van der Waals surface area (Å²) in [6, 6.07) is 3.14. The van der Waals surface area contributed by atoms with Crippen LogP contribution in [0, 0.1) is 11.6 Å². The largest absolute Gasteiger partial charge is 0.382 e. The van der Waals surface area contributed by atoms with Gasteiger partial charge in [0.15, 0.2) is 0 Å². The molecule has 0 radical (unpaired) electrons. The third-order valence-corrected chi connectivity index (χ3v) is 3.40. The number of benzene rings is 1. The van der Waals surface area contributed by atoms with Crippen LogP contribution in [0.5, 0.6) is 0 Å². The van der Waals surface area contributed by atoms with Crippen LogP contribution >= 0.6 is 23.4 Å². The Hall–Kier alpha value is -1.40. The van der Waals surface area contributed by atoms with Gasteiger partial charge in [-0.3, -0.25) is 0 Å². The highest BCUT2D eigenvalue weighted by atomic mass is 35.5. The summed E-state index contributed by atoms with van der Waals surface area (Å²) in [5.74, 6) is -0.988. The predicted molar refractivity (Wildman–Crippen MR) is 61.9 cm³/mol. The van der Waals surface area contributed by atoms with Crippen molar-refractivity contribution in [3.05, 3.63) is 41.2 Å². The van der Waals surface area contributed by atoms with Crippen LogP contribution in [0.25, 0.3) is 0 Å². The summed E-state index contributed by atoms with van der Waals surface area (Å²) in [5.41, 5.74) is 5.48. The lowest BCUT2D eigenvalue weighted by Gasteiger charge is -2.05. The number of nitrogens with two attached hydrogens (primary N) is 1. The molecule has 2 aromatic rings. The van der Waals surface area contributed by atoms with E-state index in [0.29, 0.717) is 0 Å². The minimum Gasteiger partial charge on any atom is -0.382 e. The van der Waals surface area contributed by atoms with Gasteiger partial charge in [0.05, 0.1) is 4.90 Å². The zero-order chi connectivity index (χ0) is 12.4. The molecule has 0 bridgehead atoms. The molecule has 0 saturated carbocycles. The summed E-state index contributed by atoms with van der Waals surface area (Å²) < 4.78 is 26.3. The van der Waals surface area contributed by atoms with Crippen molar-refractivity contribution in [3.63, 3.8) is 0 Å². The van der Waals surface area contributed by atoms with Gasteiger partial charge in [0, 0.05) is 0 Å². The molecule has 2 N–H and O–H groups in total. The first-order chi connectivity index (χ1) is 8.08. The summed E-state index contributed by atoms with van der Waals surface area (Å²) in [6.07, 6.45) is 1.21. The standard InChI is InChI=1S/C10H6ClF2N3S/c11-8-9(14)15-4-16-10(8)17-7-3-5(12)1-2-6(7)13/h1-4H,(H2,14,15,16). The third-order valence-electron chi connectivity index (χ3n) is 1.88. The Kier molecular flexibility index (Phi) is 3.44. The minimum atomic E-state index is -0.551. The number of aromatic nitrogens is 2. The normalized spacial score (nSPS) is 10.5. The number of hydrogen-bond donors (Lipinski definition) is 1. The third kappa shape index (κ3) is 2.65. The second-order valence-electron chi connectivity index (χ2n) is 3.05. The molecule has 1 aromatic heterocycles. The van der Waals surface area contributed by atoms with Crippen LogP contribution in [0.15, 0.2) is 34.4 Å². The maximum Gasteiger partial charge on any atom is 0.146 e. The summed E-state index contributed by atoms with van der Waals surface area (Å²) in [6.45, 7) is 0. The highest BCUT2D eigenvalue weighted by Crippen LogP contribution is 2.34. The van der Waals surface area contributed by atoms with Gasteiger partial charge in [-0.05, 0) is 18.2 Å². The lowest BCUT2D eigenvalue weighted by molar-refractivity contribution is 0.577. The number of nitrogen functional groups attached to an aromatic ring is 1. The molecule has 88 valence electrons. The lowest BCUT2D eigenvalue weighted by atomic mass is 10.3. The minimum absolute atomic E-state index is 0.0880. The van der Waals surface area contributed by atoms with Crippen molar-refractivity contribution in [3.8, 4) is 0 Å². The molecule has 0 spiro atoms. The van der Waals surface area contributed by atoms with Crippen LogP contribution in [-0.4, -0.2) is 9.97 Å². The average molecular weight is 274 g/mol. The number of rotatable bonds is 2. The van der Waals surface area contributed by atoms with Gasteiger partial charge in [-0.25, -0.2) is 18.7 Å². The molecule has 17 heavy (non-hydrogen) atoms. The van der Waals surface area contributed by atoms with Gasteiger partial charge in [-0.2, -0.15) is 0 Å². The van der Waals surface area contributed by atoms with Crippen molar-refractivity contribution in [2.75, 3.05) is 5.73 Å². The van der Waals surface area contributed by atoms with E-state index >= 15 is 0 Å².